The molecule has 1 fully saturated rings. The van der Waals surface area contributed by atoms with Gasteiger partial charge in [0.05, 0.1) is 17.3 Å². The van der Waals surface area contributed by atoms with Crippen LogP contribution in [0.4, 0.5) is 16.2 Å². The van der Waals surface area contributed by atoms with Crippen molar-refractivity contribution in [2.24, 2.45) is 0 Å². The zero-order valence-electron chi connectivity index (χ0n) is 28.8. The molecular weight excluding hydrogens is 642 g/mol. The molecule has 6 rings (SSSR count). The summed E-state index contributed by atoms with van der Waals surface area (Å²) < 4.78 is 5.79. The van der Waals surface area contributed by atoms with Crippen LogP contribution in [0.15, 0.2) is 108 Å². The van der Waals surface area contributed by atoms with Gasteiger partial charge < -0.3 is 35.5 Å². The lowest BCUT2D eigenvalue weighted by Gasteiger charge is -2.31. The first-order chi connectivity index (χ1) is 24.9. The van der Waals surface area contributed by atoms with Crippen LogP contribution in [-0.4, -0.2) is 71.6 Å². The van der Waals surface area contributed by atoms with Gasteiger partial charge >= 0.3 is 6.09 Å². The van der Waals surface area contributed by atoms with E-state index >= 15 is 0 Å². The fourth-order valence-corrected chi connectivity index (χ4v) is 6.62. The Morgan fingerprint density at radius 1 is 0.882 bits per heavy atom. The molecule has 6 N–H and O–H groups in total. The van der Waals surface area contributed by atoms with Gasteiger partial charge in [-0.3, -0.25) is 10.1 Å². The molecule has 0 radical (unpaired) electrons. The van der Waals surface area contributed by atoms with Gasteiger partial charge in [-0.1, -0.05) is 66.7 Å². The lowest BCUT2D eigenvalue weighted by molar-refractivity contribution is 0.0586. The van der Waals surface area contributed by atoms with E-state index in [0.29, 0.717) is 29.6 Å². The highest BCUT2D eigenvalue weighted by Gasteiger charge is 2.22. The molecule has 266 valence electrons. The topological polar surface area (TPSA) is 139 Å². The fraction of sp³-hybridized carbons (Fsp3) is 0.317. The molecule has 1 aliphatic rings. The summed E-state index contributed by atoms with van der Waals surface area (Å²) in [4.78, 5) is 29.5. The number of aliphatic hydroxyl groups is 1. The van der Waals surface area contributed by atoms with Gasteiger partial charge in [0, 0.05) is 48.9 Å². The zero-order chi connectivity index (χ0) is 35.4. The molecule has 0 aliphatic carbocycles. The number of piperidine rings is 1. The highest BCUT2D eigenvalue weighted by atomic mass is 16.6. The second kappa shape index (κ2) is 17.7. The van der Waals surface area contributed by atoms with E-state index in [9.17, 15) is 19.8 Å². The monoisotopic (exact) mass is 689 g/mol. The Kier molecular flexibility index (Phi) is 12.4. The van der Waals surface area contributed by atoms with Crippen molar-refractivity contribution in [3.8, 4) is 16.9 Å². The summed E-state index contributed by atoms with van der Waals surface area (Å²) >= 11 is 0. The van der Waals surface area contributed by atoms with Crippen molar-refractivity contribution in [3.05, 3.63) is 125 Å². The SMILES string of the molecule is O=C(Nc1ccccc1-c1ccccc1)OC1CCN(CCCCNc2ccc(CCNC[C@@H](O)c3ccc(O)c4[nH]c(=O)ccc34)cc2)CC1. The number of pyridine rings is 1. The van der Waals surface area contributed by atoms with Crippen molar-refractivity contribution in [3.63, 3.8) is 0 Å². The minimum absolute atomic E-state index is 0.0194. The molecule has 5 aromatic rings. The number of amides is 1. The number of carbonyl (C=O) groups is 1. The normalized spacial score (nSPS) is 14.3. The van der Waals surface area contributed by atoms with Crippen LogP contribution in [0, 0.1) is 0 Å². The Bertz CT molecular complexity index is 1920. The number of fused-ring (bicyclic) bond motifs is 1. The number of unbranched alkanes of at least 4 members (excludes halogenated alkanes) is 1. The number of para-hydroxylation sites is 1. The number of nitrogens with one attached hydrogen (secondary N) is 4. The van der Waals surface area contributed by atoms with Crippen LogP contribution < -0.4 is 21.5 Å². The number of ether oxygens (including phenoxy) is 1. The minimum Gasteiger partial charge on any atom is -0.506 e. The van der Waals surface area contributed by atoms with Gasteiger partial charge in [-0.2, -0.15) is 0 Å². The molecule has 51 heavy (non-hydrogen) atoms. The van der Waals surface area contributed by atoms with Crippen molar-refractivity contribution in [2.45, 2.75) is 44.3 Å². The number of phenols is 1. The first-order valence-corrected chi connectivity index (χ1v) is 17.8. The Morgan fingerprint density at radius 3 is 2.45 bits per heavy atom. The summed E-state index contributed by atoms with van der Waals surface area (Å²) in [5, 5.41) is 31.3. The third-order valence-corrected chi connectivity index (χ3v) is 9.44. The zero-order valence-corrected chi connectivity index (χ0v) is 28.8. The molecule has 1 amide bonds. The molecule has 1 saturated heterocycles. The van der Waals surface area contributed by atoms with Crippen molar-refractivity contribution >= 4 is 28.4 Å². The van der Waals surface area contributed by atoms with Crippen LogP contribution in [0.3, 0.4) is 0 Å². The van der Waals surface area contributed by atoms with Crippen LogP contribution in [-0.2, 0) is 11.2 Å². The number of benzene rings is 4. The maximum absolute atomic E-state index is 12.7. The Labute approximate surface area is 298 Å². The van der Waals surface area contributed by atoms with Crippen LogP contribution in [0.25, 0.3) is 22.0 Å². The van der Waals surface area contributed by atoms with Crippen LogP contribution >= 0.6 is 0 Å². The first-order valence-electron chi connectivity index (χ1n) is 17.8. The predicted molar refractivity (Wildman–Crippen MR) is 203 cm³/mol. The minimum atomic E-state index is -0.778. The molecule has 1 aliphatic heterocycles. The number of hydrogen-bond acceptors (Lipinski definition) is 8. The fourth-order valence-electron chi connectivity index (χ4n) is 6.62. The van der Waals surface area contributed by atoms with E-state index in [1.165, 1.54) is 17.7 Å². The van der Waals surface area contributed by atoms with Gasteiger partial charge in [0.2, 0.25) is 5.56 Å². The van der Waals surface area contributed by atoms with Gasteiger partial charge in [-0.05, 0) is 92.2 Å². The number of hydrogen-bond donors (Lipinski definition) is 6. The molecule has 0 saturated carbocycles. The van der Waals surface area contributed by atoms with E-state index in [1.807, 2.05) is 54.6 Å². The summed E-state index contributed by atoms with van der Waals surface area (Å²) in [6.45, 7) is 4.86. The third-order valence-electron chi connectivity index (χ3n) is 9.44. The largest absolute Gasteiger partial charge is 0.506 e. The number of aromatic hydroxyl groups is 1. The lowest BCUT2D eigenvalue weighted by atomic mass is 10.0. The quantitative estimate of drug-likeness (QED) is 0.0671. The number of likely N-dealkylation sites (tertiary alicyclic amines) is 1. The molecule has 0 bridgehead atoms. The molecule has 10 nitrogen and oxygen atoms in total. The number of aromatic nitrogens is 1. The highest BCUT2D eigenvalue weighted by Crippen LogP contribution is 2.29. The second-order valence-corrected chi connectivity index (χ2v) is 13.1. The number of anilines is 2. The summed E-state index contributed by atoms with van der Waals surface area (Å²) in [7, 11) is 0. The number of aliphatic hydroxyl groups excluding tert-OH is 1. The van der Waals surface area contributed by atoms with Crippen LogP contribution in [0.5, 0.6) is 5.75 Å². The molecule has 10 heteroatoms. The van der Waals surface area contributed by atoms with Gasteiger partial charge in [0.15, 0.2) is 0 Å². The number of aromatic amines is 1. The molecule has 1 atom stereocenters. The highest BCUT2D eigenvalue weighted by molar-refractivity contribution is 5.91. The summed E-state index contributed by atoms with van der Waals surface area (Å²) in [5.41, 5.74) is 5.76. The molecular formula is C41H47N5O5. The number of nitrogens with zero attached hydrogens (tertiary/aromatic N) is 1. The number of H-pyrrole nitrogens is 1. The second-order valence-electron chi connectivity index (χ2n) is 13.1. The number of carbonyl (C=O) groups excluding carboxylic acids is 1. The smallest absolute Gasteiger partial charge is 0.411 e. The maximum atomic E-state index is 12.7. The van der Waals surface area contributed by atoms with E-state index in [1.54, 1.807) is 12.1 Å². The van der Waals surface area contributed by atoms with Crippen LogP contribution in [0.1, 0.15) is 42.9 Å². The van der Waals surface area contributed by atoms with Gasteiger partial charge in [0.1, 0.15) is 11.9 Å². The Morgan fingerprint density at radius 2 is 1.65 bits per heavy atom. The molecule has 4 aromatic carbocycles. The van der Waals surface area contributed by atoms with Gasteiger partial charge in [0.25, 0.3) is 0 Å². The van der Waals surface area contributed by atoms with Crippen LogP contribution in [0.2, 0.25) is 0 Å². The maximum Gasteiger partial charge on any atom is 0.411 e. The average molecular weight is 690 g/mol. The lowest BCUT2D eigenvalue weighted by Crippen LogP contribution is -2.39. The van der Waals surface area contributed by atoms with E-state index in [2.05, 4.69) is 50.1 Å². The Balaban J connectivity index is 0.827. The van der Waals surface area contributed by atoms with E-state index in [0.717, 1.165) is 80.8 Å². The van der Waals surface area contributed by atoms with E-state index < -0.39 is 12.2 Å². The van der Waals surface area contributed by atoms with E-state index in [-0.39, 0.29) is 17.4 Å². The number of phenolic OH excluding ortho intramolecular Hbond substituents is 1. The Hall–Kier alpha value is -5.16. The van der Waals surface area contributed by atoms with Crippen molar-refractivity contribution in [1.82, 2.24) is 15.2 Å². The van der Waals surface area contributed by atoms with Gasteiger partial charge in [-0.15, -0.1) is 0 Å². The summed E-state index contributed by atoms with van der Waals surface area (Å²) in [5.74, 6) is -0.0194. The van der Waals surface area contributed by atoms with Gasteiger partial charge in [-0.25, -0.2) is 4.79 Å². The molecule has 0 spiro atoms. The number of rotatable bonds is 15. The van der Waals surface area contributed by atoms with E-state index in [4.69, 9.17) is 4.74 Å². The first kappa shape index (κ1) is 35.7. The predicted octanol–water partition coefficient (Wildman–Crippen LogP) is 6.67. The molecule has 1 aromatic heterocycles. The average Bonchev–Trinajstić information content (AvgIpc) is 3.15. The van der Waals surface area contributed by atoms with Crippen molar-refractivity contribution < 1.29 is 19.7 Å². The summed E-state index contributed by atoms with van der Waals surface area (Å²) in [6.07, 6.45) is 3.43. The van der Waals surface area contributed by atoms with Crippen molar-refractivity contribution in [2.75, 3.05) is 49.9 Å². The van der Waals surface area contributed by atoms with Crippen molar-refractivity contribution in [1.29, 1.82) is 0 Å². The molecule has 2 heterocycles. The summed E-state index contributed by atoms with van der Waals surface area (Å²) in [6, 6.07) is 32.5. The standard InChI is InChI=1S/C41H47N5O5/c47-37-18-16-34(35-17-19-39(49)45-40(35)37)38(48)28-42-24-20-29-12-14-31(15-13-29)43-23-6-7-25-46-26-21-32(22-27-46)51-41(50)44-36-11-5-4-10-33(36)30-8-2-1-3-9-30/h1-5,8-19,32,38,42-43,47-48H,6-7,20-28H2,(H,44,50)(H,45,49)/t38-/m1/s1. The molecule has 0 unspecified atom stereocenters. The third kappa shape index (κ3) is 9.97.